The number of benzene rings is 1. The molecule has 0 fully saturated rings. The average Bonchev–Trinajstić information content (AvgIpc) is 2.25. The molecule has 1 aromatic rings. The van der Waals surface area contributed by atoms with Gasteiger partial charge in [0.1, 0.15) is 12.7 Å². The number of hydrogen-bond acceptors (Lipinski definition) is 3. The number of carbonyl (C=O) groups excluding carboxylic acids is 1. The lowest BCUT2D eigenvalue weighted by molar-refractivity contribution is -0.143. The molecular formula is C12H14O3. The molecule has 0 unspecified atom stereocenters. The minimum absolute atomic E-state index is 0.00132. The summed E-state index contributed by atoms with van der Waals surface area (Å²) in [4.78, 5) is 10.5. The van der Waals surface area contributed by atoms with Gasteiger partial charge in [0.2, 0.25) is 0 Å². The minimum atomic E-state index is -0.755. The molecule has 0 aliphatic heterocycles. The average molecular weight is 206 g/mol. The van der Waals surface area contributed by atoms with Crippen molar-refractivity contribution in [1.29, 1.82) is 0 Å². The Morgan fingerprint density at radius 2 is 2.13 bits per heavy atom. The van der Waals surface area contributed by atoms with Crippen LogP contribution in [-0.2, 0) is 9.53 Å². The molecule has 0 saturated carbocycles. The number of ether oxygens (including phenoxy) is 1. The Morgan fingerprint density at radius 1 is 1.47 bits per heavy atom. The lowest BCUT2D eigenvalue weighted by Gasteiger charge is -2.04. The van der Waals surface area contributed by atoms with Gasteiger partial charge in [-0.05, 0) is 5.56 Å². The summed E-state index contributed by atoms with van der Waals surface area (Å²) in [5.74, 6) is -0.387. The van der Waals surface area contributed by atoms with Gasteiger partial charge in [0.15, 0.2) is 0 Å². The molecule has 0 heterocycles. The van der Waals surface area contributed by atoms with Crippen molar-refractivity contribution in [1.82, 2.24) is 0 Å². The molecule has 0 aliphatic rings. The van der Waals surface area contributed by atoms with Gasteiger partial charge < -0.3 is 9.84 Å². The van der Waals surface area contributed by atoms with Crippen molar-refractivity contribution in [3.05, 3.63) is 42.0 Å². The minimum Gasteiger partial charge on any atom is -0.463 e. The molecular weight excluding hydrogens is 192 g/mol. The van der Waals surface area contributed by atoms with E-state index in [1.165, 1.54) is 6.92 Å². The fourth-order valence-electron chi connectivity index (χ4n) is 1.04. The SMILES string of the molecule is CC(=O)OC[C@H](O)/C=C/c1ccccc1. The first-order chi connectivity index (χ1) is 7.18. The fraction of sp³-hybridized carbons (Fsp3) is 0.250. The van der Waals surface area contributed by atoms with E-state index in [9.17, 15) is 9.90 Å². The first kappa shape index (κ1) is 11.5. The van der Waals surface area contributed by atoms with Crippen LogP contribution in [0.25, 0.3) is 6.08 Å². The summed E-state index contributed by atoms with van der Waals surface area (Å²) < 4.78 is 4.65. The summed E-state index contributed by atoms with van der Waals surface area (Å²) in [6.45, 7) is 1.31. The molecule has 0 spiro atoms. The van der Waals surface area contributed by atoms with E-state index in [4.69, 9.17) is 0 Å². The second kappa shape index (κ2) is 5.98. The number of rotatable bonds is 4. The number of carbonyl (C=O) groups is 1. The largest absolute Gasteiger partial charge is 0.463 e. The van der Waals surface area contributed by atoms with E-state index in [1.807, 2.05) is 30.3 Å². The summed E-state index contributed by atoms with van der Waals surface area (Å²) in [5, 5.41) is 9.40. The summed E-state index contributed by atoms with van der Waals surface area (Å²) in [6.07, 6.45) is 2.63. The zero-order valence-electron chi connectivity index (χ0n) is 8.59. The van der Waals surface area contributed by atoms with E-state index in [-0.39, 0.29) is 12.6 Å². The maximum Gasteiger partial charge on any atom is 0.302 e. The van der Waals surface area contributed by atoms with Crippen LogP contribution in [0.3, 0.4) is 0 Å². The monoisotopic (exact) mass is 206 g/mol. The lowest BCUT2D eigenvalue weighted by Crippen LogP contribution is -2.14. The first-order valence-corrected chi connectivity index (χ1v) is 4.73. The number of aliphatic hydroxyl groups excluding tert-OH is 1. The molecule has 1 aromatic carbocycles. The molecule has 0 aliphatic carbocycles. The fourth-order valence-corrected chi connectivity index (χ4v) is 1.04. The second-order valence-electron chi connectivity index (χ2n) is 3.14. The van der Waals surface area contributed by atoms with Gasteiger partial charge >= 0.3 is 5.97 Å². The molecule has 3 nitrogen and oxygen atoms in total. The van der Waals surface area contributed by atoms with Crippen molar-refractivity contribution in [2.45, 2.75) is 13.0 Å². The van der Waals surface area contributed by atoms with Crippen molar-refractivity contribution in [2.24, 2.45) is 0 Å². The Balaban J connectivity index is 2.41. The second-order valence-corrected chi connectivity index (χ2v) is 3.14. The molecule has 0 saturated heterocycles. The van der Waals surface area contributed by atoms with Crippen LogP contribution in [0.15, 0.2) is 36.4 Å². The van der Waals surface area contributed by atoms with Gasteiger partial charge in [-0.15, -0.1) is 0 Å². The summed E-state index contributed by atoms with van der Waals surface area (Å²) in [6, 6.07) is 9.60. The van der Waals surface area contributed by atoms with E-state index < -0.39 is 6.10 Å². The van der Waals surface area contributed by atoms with Gasteiger partial charge in [-0.2, -0.15) is 0 Å². The van der Waals surface area contributed by atoms with E-state index in [0.29, 0.717) is 0 Å². The van der Waals surface area contributed by atoms with Gasteiger partial charge in [0.25, 0.3) is 0 Å². The predicted molar refractivity (Wildman–Crippen MR) is 58.1 cm³/mol. The van der Waals surface area contributed by atoms with Crippen LogP contribution in [0.1, 0.15) is 12.5 Å². The summed E-state index contributed by atoms with van der Waals surface area (Å²) in [5.41, 5.74) is 0.999. The molecule has 1 atom stereocenters. The highest BCUT2D eigenvalue weighted by Gasteiger charge is 2.00. The van der Waals surface area contributed by atoms with Crippen molar-refractivity contribution in [2.75, 3.05) is 6.61 Å². The third-order valence-electron chi connectivity index (χ3n) is 1.77. The molecule has 80 valence electrons. The van der Waals surface area contributed by atoms with Crippen molar-refractivity contribution in [3.8, 4) is 0 Å². The number of esters is 1. The Hall–Kier alpha value is -1.61. The summed E-state index contributed by atoms with van der Waals surface area (Å²) in [7, 11) is 0. The Morgan fingerprint density at radius 3 is 2.73 bits per heavy atom. The zero-order chi connectivity index (χ0) is 11.1. The molecule has 0 aromatic heterocycles. The number of aliphatic hydroxyl groups is 1. The van der Waals surface area contributed by atoms with Crippen LogP contribution < -0.4 is 0 Å². The van der Waals surface area contributed by atoms with Gasteiger partial charge in [-0.25, -0.2) is 0 Å². The normalized spacial score (nSPS) is 12.7. The zero-order valence-corrected chi connectivity index (χ0v) is 8.59. The quantitative estimate of drug-likeness (QED) is 0.761. The maximum absolute atomic E-state index is 10.5. The van der Waals surface area contributed by atoms with E-state index in [0.717, 1.165) is 5.56 Å². The highest BCUT2D eigenvalue weighted by Crippen LogP contribution is 2.02. The molecule has 1 N–H and O–H groups in total. The maximum atomic E-state index is 10.5. The van der Waals surface area contributed by atoms with Crippen LogP contribution >= 0.6 is 0 Å². The van der Waals surface area contributed by atoms with Crippen LogP contribution in [-0.4, -0.2) is 23.8 Å². The first-order valence-electron chi connectivity index (χ1n) is 4.73. The highest BCUT2D eigenvalue weighted by atomic mass is 16.5. The smallest absolute Gasteiger partial charge is 0.302 e. The van der Waals surface area contributed by atoms with Crippen molar-refractivity contribution >= 4 is 12.0 Å². The van der Waals surface area contributed by atoms with Crippen LogP contribution in [0, 0.1) is 0 Å². The summed E-state index contributed by atoms with van der Waals surface area (Å²) >= 11 is 0. The Bertz CT molecular complexity index is 330. The Labute approximate surface area is 89.0 Å². The lowest BCUT2D eigenvalue weighted by atomic mass is 10.2. The third kappa shape index (κ3) is 4.98. The number of hydrogen-bond donors (Lipinski definition) is 1. The van der Waals surface area contributed by atoms with Gasteiger partial charge in [-0.1, -0.05) is 42.5 Å². The van der Waals surface area contributed by atoms with Crippen LogP contribution in [0.2, 0.25) is 0 Å². The standard InChI is InChI=1S/C12H14O3/c1-10(13)15-9-12(14)8-7-11-5-3-2-4-6-11/h2-8,12,14H,9H2,1H3/b8-7+/t12-/m1/s1. The topological polar surface area (TPSA) is 46.5 Å². The van der Waals surface area contributed by atoms with Crippen molar-refractivity contribution < 1.29 is 14.6 Å². The molecule has 3 heteroatoms. The van der Waals surface area contributed by atoms with Crippen LogP contribution in [0.5, 0.6) is 0 Å². The molecule has 1 rings (SSSR count). The predicted octanol–water partition coefficient (Wildman–Crippen LogP) is 1.62. The molecule has 0 radical (unpaired) electrons. The van der Waals surface area contributed by atoms with Gasteiger partial charge in [-0.3, -0.25) is 4.79 Å². The van der Waals surface area contributed by atoms with Gasteiger partial charge in [0.05, 0.1) is 0 Å². The Kier molecular flexibility index (Phi) is 4.57. The van der Waals surface area contributed by atoms with E-state index >= 15 is 0 Å². The molecule has 0 amide bonds. The molecule has 15 heavy (non-hydrogen) atoms. The van der Waals surface area contributed by atoms with Gasteiger partial charge in [0, 0.05) is 6.92 Å². The van der Waals surface area contributed by atoms with Crippen molar-refractivity contribution in [3.63, 3.8) is 0 Å². The van der Waals surface area contributed by atoms with Crippen LogP contribution in [0.4, 0.5) is 0 Å². The molecule has 0 bridgehead atoms. The highest BCUT2D eigenvalue weighted by molar-refractivity contribution is 5.65. The third-order valence-corrected chi connectivity index (χ3v) is 1.77. The van der Waals surface area contributed by atoms with E-state index in [1.54, 1.807) is 12.2 Å². The van der Waals surface area contributed by atoms with E-state index in [2.05, 4.69) is 4.74 Å².